The van der Waals surface area contributed by atoms with Crippen LogP contribution in [0.25, 0.3) is 11.3 Å². The van der Waals surface area contributed by atoms with Crippen molar-refractivity contribution < 1.29 is 22.9 Å². The van der Waals surface area contributed by atoms with E-state index in [1.54, 1.807) is 0 Å². The maximum atomic E-state index is 14.1. The van der Waals surface area contributed by atoms with Gasteiger partial charge in [-0.3, -0.25) is 0 Å². The Labute approximate surface area is 146 Å². The summed E-state index contributed by atoms with van der Waals surface area (Å²) in [6, 6.07) is 4.15. The van der Waals surface area contributed by atoms with Crippen molar-refractivity contribution >= 4 is 17.6 Å². The third-order valence-electron chi connectivity index (χ3n) is 3.40. The lowest BCUT2D eigenvalue weighted by Gasteiger charge is -2.05. The molecule has 0 spiro atoms. The van der Waals surface area contributed by atoms with Gasteiger partial charge in [-0.05, 0) is 19.1 Å². The van der Waals surface area contributed by atoms with E-state index in [0.717, 1.165) is 0 Å². The molecule has 130 valence electrons. The minimum absolute atomic E-state index is 0.0118. The molecule has 0 aliphatic rings. The first-order valence-electron chi connectivity index (χ1n) is 7.40. The highest BCUT2D eigenvalue weighted by Crippen LogP contribution is 2.33. The number of hydrogen-bond acceptors (Lipinski definition) is 7. The fourth-order valence-electron chi connectivity index (χ4n) is 2.20. The van der Waals surface area contributed by atoms with E-state index in [2.05, 4.69) is 15.4 Å². The van der Waals surface area contributed by atoms with Crippen LogP contribution in [0.5, 0.6) is 0 Å². The topological polar surface area (TPSA) is 91.2 Å². The van der Waals surface area contributed by atoms with Gasteiger partial charge in [-0.1, -0.05) is 29.7 Å². The van der Waals surface area contributed by atoms with Crippen LogP contribution in [-0.4, -0.2) is 21.3 Å². The summed E-state index contributed by atoms with van der Waals surface area (Å²) in [5, 5.41) is 11.4. The fourth-order valence-corrected chi connectivity index (χ4v) is 2.45. The minimum atomic E-state index is -0.760. The van der Waals surface area contributed by atoms with Gasteiger partial charge in [0, 0.05) is 6.42 Å². The molecule has 0 bridgehead atoms. The first-order chi connectivity index (χ1) is 12.0. The molecule has 9 heteroatoms. The zero-order valence-corrected chi connectivity index (χ0v) is 14.1. The molecule has 25 heavy (non-hydrogen) atoms. The third-order valence-corrected chi connectivity index (χ3v) is 3.72. The normalized spacial score (nSPS) is 10.9. The van der Waals surface area contributed by atoms with Gasteiger partial charge in [-0.25, -0.2) is 9.18 Å². The molecule has 0 saturated carbocycles. The van der Waals surface area contributed by atoms with Crippen LogP contribution in [-0.2, 0) is 17.8 Å². The van der Waals surface area contributed by atoms with Crippen molar-refractivity contribution in [1.29, 1.82) is 0 Å². The number of nitrogens with zero attached hydrogens (tertiary/aromatic N) is 3. The van der Waals surface area contributed by atoms with Gasteiger partial charge in [-0.2, -0.15) is 0 Å². The average molecular weight is 366 g/mol. The second-order valence-electron chi connectivity index (χ2n) is 5.08. The zero-order valence-electron chi connectivity index (χ0n) is 13.4. The van der Waals surface area contributed by atoms with Gasteiger partial charge >= 0.3 is 5.97 Å². The molecular weight excluding hydrogens is 353 g/mol. The van der Waals surface area contributed by atoms with Crippen LogP contribution >= 0.6 is 11.6 Å². The molecule has 0 fully saturated rings. The van der Waals surface area contributed by atoms with E-state index in [4.69, 9.17) is 25.3 Å². The Morgan fingerprint density at radius 3 is 2.76 bits per heavy atom. The molecule has 0 amide bonds. The van der Waals surface area contributed by atoms with Crippen LogP contribution in [0.2, 0.25) is 5.02 Å². The molecule has 2 heterocycles. The SMILES string of the molecule is CCc1nnc(COC(=O)c2c(-c3c(F)cccc3Cl)noc2C)o1. The molecule has 3 rings (SSSR count). The summed E-state index contributed by atoms with van der Waals surface area (Å²) < 4.78 is 29.6. The highest BCUT2D eigenvalue weighted by Gasteiger charge is 2.26. The Balaban J connectivity index is 1.87. The molecule has 0 saturated heterocycles. The Kier molecular flexibility index (Phi) is 4.80. The first-order valence-corrected chi connectivity index (χ1v) is 7.78. The monoisotopic (exact) mass is 365 g/mol. The Morgan fingerprint density at radius 2 is 2.08 bits per heavy atom. The van der Waals surface area contributed by atoms with Crippen molar-refractivity contribution in [2.75, 3.05) is 0 Å². The Hall–Kier alpha value is -2.74. The molecule has 0 aliphatic carbocycles. The Bertz CT molecular complexity index is 902. The average Bonchev–Trinajstić information content (AvgIpc) is 3.19. The molecule has 1 aromatic carbocycles. The van der Waals surface area contributed by atoms with E-state index in [1.807, 2.05) is 6.92 Å². The number of aryl methyl sites for hydroxylation is 2. The smallest absolute Gasteiger partial charge is 0.344 e. The van der Waals surface area contributed by atoms with Crippen LogP contribution in [0.4, 0.5) is 4.39 Å². The van der Waals surface area contributed by atoms with Gasteiger partial charge in [0.05, 0.1) is 10.6 Å². The number of ether oxygens (including phenoxy) is 1. The van der Waals surface area contributed by atoms with E-state index in [9.17, 15) is 9.18 Å². The van der Waals surface area contributed by atoms with Crippen molar-refractivity contribution in [2.45, 2.75) is 26.9 Å². The van der Waals surface area contributed by atoms with Crippen molar-refractivity contribution in [3.05, 3.63) is 52.1 Å². The molecule has 0 N–H and O–H groups in total. The predicted molar refractivity (Wildman–Crippen MR) is 84.4 cm³/mol. The van der Waals surface area contributed by atoms with E-state index in [1.165, 1.54) is 25.1 Å². The zero-order chi connectivity index (χ0) is 18.0. The van der Waals surface area contributed by atoms with Gasteiger partial charge in [0.25, 0.3) is 5.89 Å². The van der Waals surface area contributed by atoms with E-state index < -0.39 is 11.8 Å². The molecule has 0 radical (unpaired) electrons. The minimum Gasteiger partial charge on any atom is -0.452 e. The first kappa shape index (κ1) is 17.1. The van der Waals surface area contributed by atoms with Crippen molar-refractivity contribution in [1.82, 2.24) is 15.4 Å². The second kappa shape index (κ2) is 7.02. The summed E-state index contributed by atoms with van der Waals surface area (Å²) in [6.45, 7) is 3.15. The summed E-state index contributed by atoms with van der Waals surface area (Å²) >= 11 is 6.03. The number of esters is 1. The summed E-state index contributed by atoms with van der Waals surface area (Å²) in [6.07, 6.45) is 0.571. The lowest BCUT2D eigenvalue weighted by atomic mass is 10.1. The Morgan fingerprint density at radius 1 is 1.32 bits per heavy atom. The highest BCUT2D eigenvalue weighted by atomic mass is 35.5. The molecule has 0 aliphatic heterocycles. The highest BCUT2D eigenvalue weighted by molar-refractivity contribution is 6.33. The number of rotatable bonds is 5. The molecule has 0 unspecified atom stereocenters. The van der Waals surface area contributed by atoms with E-state index in [-0.39, 0.29) is 40.1 Å². The van der Waals surface area contributed by atoms with Gasteiger partial charge in [0.2, 0.25) is 5.89 Å². The lowest BCUT2D eigenvalue weighted by molar-refractivity contribution is 0.0435. The lowest BCUT2D eigenvalue weighted by Crippen LogP contribution is -2.08. The van der Waals surface area contributed by atoms with Crippen LogP contribution in [0.1, 0.15) is 34.8 Å². The number of benzene rings is 1. The molecule has 2 aromatic heterocycles. The summed E-state index contributed by atoms with van der Waals surface area (Å²) in [5.41, 5.74) is -0.0633. The quantitative estimate of drug-likeness (QED) is 0.636. The van der Waals surface area contributed by atoms with Crippen molar-refractivity contribution in [3.8, 4) is 11.3 Å². The second-order valence-corrected chi connectivity index (χ2v) is 5.49. The van der Waals surface area contributed by atoms with Gasteiger partial charge in [-0.15, -0.1) is 10.2 Å². The molecule has 3 aromatic rings. The largest absolute Gasteiger partial charge is 0.452 e. The summed E-state index contributed by atoms with van der Waals surface area (Å²) in [4.78, 5) is 12.4. The summed E-state index contributed by atoms with van der Waals surface area (Å²) in [7, 11) is 0. The van der Waals surface area contributed by atoms with Crippen LogP contribution < -0.4 is 0 Å². The maximum Gasteiger partial charge on any atom is 0.344 e. The predicted octanol–water partition coefficient (Wildman–Crippen LogP) is 3.74. The van der Waals surface area contributed by atoms with Gasteiger partial charge in [0.15, 0.2) is 6.61 Å². The maximum absolute atomic E-state index is 14.1. The molecule has 7 nitrogen and oxygen atoms in total. The third kappa shape index (κ3) is 3.39. The standard InChI is InChI=1S/C16H13ClFN3O4/c1-3-11-19-20-12(24-11)7-23-16(22)13-8(2)25-21-15(13)14-9(17)5-4-6-10(14)18/h4-6H,3,7H2,1-2H3. The number of hydrogen-bond donors (Lipinski definition) is 0. The van der Waals surface area contributed by atoms with E-state index >= 15 is 0 Å². The number of carbonyl (C=O) groups is 1. The fraction of sp³-hybridized carbons (Fsp3) is 0.250. The van der Waals surface area contributed by atoms with Gasteiger partial charge in [0.1, 0.15) is 22.8 Å². The van der Waals surface area contributed by atoms with E-state index in [0.29, 0.717) is 12.3 Å². The molecular formula is C16H13ClFN3O4. The van der Waals surface area contributed by atoms with Crippen LogP contribution in [0.3, 0.4) is 0 Å². The van der Waals surface area contributed by atoms with Gasteiger partial charge < -0.3 is 13.7 Å². The number of carbonyl (C=O) groups excluding carboxylic acids is 1. The van der Waals surface area contributed by atoms with Crippen LogP contribution in [0, 0.1) is 12.7 Å². The molecule has 0 atom stereocenters. The van der Waals surface area contributed by atoms with Crippen molar-refractivity contribution in [3.63, 3.8) is 0 Å². The number of aromatic nitrogens is 3. The van der Waals surface area contributed by atoms with Crippen LogP contribution in [0.15, 0.2) is 27.1 Å². The summed E-state index contributed by atoms with van der Waals surface area (Å²) in [5.74, 6) is -0.612. The van der Waals surface area contributed by atoms with Crippen molar-refractivity contribution in [2.24, 2.45) is 0 Å². The number of halogens is 2.